The summed E-state index contributed by atoms with van der Waals surface area (Å²) in [6, 6.07) is 0.656. The third kappa shape index (κ3) is 2.38. The molecule has 0 unspecified atom stereocenters. The summed E-state index contributed by atoms with van der Waals surface area (Å²) in [5.41, 5.74) is -1.02. The predicted molar refractivity (Wildman–Crippen MR) is 57.9 cm³/mol. The largest absolute Gasteiger partial charge is 0.310 e. The fourth-order valence-corrected chi connectivity index (χ4v) is 2.41. The highest BCUT2D eigenvalue weighted by Crippen LogP contribution is 2.41. The Balaban J connectivity index is 3.82. The smallest absolute Gasteiger partial charge is 0.282 e. The SMILES string of the molecule is O=[N+]([O-])c1c(S(=O)(=O)O)cc(Cl)c(Cl)c1Cl. The Bertz CT molecular complexity index is 570. The number of hydrogen-bond acceptors (Lipinski definition) is 4. The third-order valence-electron chi connectivity index (χ3n) is 1.56. The number of halogens is 3. The lowest BCUT2D eigenvalue weighted by molar-refractivity contribution is -0.387. The first-order chi connectivity index (χ1) is 7.16. The number of rotatable bonds is 2. The molecule has 0 saturated carbocycles. The van der Waals surface area contributed by atoms with Gasteiger partial charge in [0.05, 0.1) is 15.0 Å². The molecule has 0 atom stereocenters. The molecule has 0 aromatic heterocycles. The second-order valence-electron chi connectivity index (χ2n) is 2.57. The summed E-state index contributed by atoms with van der Waals surface area (Å²) in [6.45, 7) is 0. The molecule has 1 rings (SSSR count). The highest BCUT2D eigenvalue weighted by molar-refractivity contribution is 7.86. The van der Waals surface area contributed by atoms with E-state index >= 15 is 0 Å². The van der Waals surface area contributed by atoms with Gasteiger partial charge in [-0.05, 0) is 6.07 Å². The van der Waals surface area contributed by atoms with Gasteiger partial charge in [-0.2, -0.15) is 8.42 Å². The van der Waals surface area contributed by atoms with Crippen molar-refractivity contribution >= 4 is 50.6 Å². The summed E-state index contributed by atoms with van der Waals surface area (Å²) in [7, 11) is -4.81. The molecule has 0 fully saturated rings. The summed E-state index contributed by atoms with van der Waals surface area (Å²) < 4.78 is 30.5. The monoisotopic (exact) mass is 305 g/mol. The summed E-state index contributed by atoms with van der Waals surface area (Å²) in [6.07, 6.45) is 0. The minimum Gasteiger partial charge on any atom is -0.282 e. The lowest BCUT2D eigenvalue weighted by Gasteiger charge is -2.04. The first-order valence-electron chi connectivity index (χ1n) is 3.45. The summed E-state index contributed by atoms with van der Waals surface area (Å²) in [5.74, 6) is 0. The van der Waals surface area contributed by atoms with Crippen molar-refractivity contribution < 1.29 is 17.9 Å². The third-order valence-corrected chi connectivity index (χ3v) is 3.68. The van der Waals surface area contributed by atoms with E-state index in [2.05, 4.69) is 0 Å². The Kier molecular flexibility index (Phi) is 3.65. The van der Waals surface area contributed by atoms with Crippen LogP contribution in [0.1, 0.15) is 0 Å². The molecular weight excluding hydrogens is 304 g/mol. The van der Waals surface area contributed by atoms with Crippen LogP contribution in [-0.2, 0) is 10.1 Å². The van der Waals surface area contributed by atoms with Crippen LogP contribution in [0.15, 0.2) is 11.0 Å². The number of nitro benzene ring substituents is 1. The minimum absolute atomic E-state index is 0.315. The average molecular weight is 307 g/mol. The van der Waals surface area contributed by atoms with E-state index in [1.165, 1.54) is 0 Å². The lowest BCUT2D eigenvalue weighted by Crippen LogP contribution is -2.04. The molecular formula is C6H2Cl3NO5S. The van der Waals surface area contributed by atoms with E-state index in [1.807, 2.05) is 0 Å². The van der Waals surface area contributed by atoms with E-state index in [0.717, 1.165) is 0 Å². The van der Waals surface area contributed by atoms with Gasteiger partial charge in [0, 0.05) is 0 Å². The van der Waals surface area contributed by atoms with Crippen molar-refractivity contribution in [2.24, 2.45) is 0 Å². The van der Waals surface area contributed by atoms with Crippen LogP contribution in [0.2, 0.25) is 15.1 Å². The Hall–Kier alpha value is -0.600. The Morgan fingerprint density at radius 2 is 1.75 bits per heavy atom. The van der Waals surface area contributed by atoms with Crippen LogP contribution in [0.5, 0.6) is 0 Å². The maximum atomic E-state index is 10.9. The fourth-order valence-electron chi connectivity index (χ4n) is 0.931. The van der Waals surface area contributed by atoms with Crippen molar-refractivity contribution in [3.8, 4) is 0 Å². The molecule has 1 N–H and O–H groups in total. The van der Waals surface area contributed by atoms with Gasteiger partial charge in [0.2, 0.25) is 0 Å². The molecule has 1 aromatic rings. The highest BCUT2D eigenvalue weighted by atomic mass is 35.5. The Morgan fingerprint density at radius 3 is 2.12 bits per heavy atom. The molecule has 16 heavy (non-hydrogen) atoms. The molecule has 1 aromatic carbocycles. The summed E-state index contributed by atoms with van der Waals surface area (Å²) in [5, 5.41) is 9.28. The fraction of sp³-hybridized carbons (Fsp3) is 0. The van der Waals surface area contributed by atoms with Crippen molar-refractivity contribution in [1.82, 2.24) is 0 Å². The molecule has 0 aliphatic rings. The molecule has 88 valence electrons. The first-order valence-corrected chi connectivity index (χ1v) is 6.03. The van der Waals surface area contributed by atoms with E-state index in [9.17, 15) is 18.5 Å². The minimum atomic E-state index is -4.81. The van der Waals surface area contributed by atoms with E-state index in [-0.39, 0.29) is 10.0 Å². The van der Waals surface area contributed by atoms with E-state index in [4.69, 9.17) is 39.4 Å². The second-order valence-corrected chi connectivity index (χ2v) is 5.12. The summed E-state index contributed by atoms with van der Waals surface area (Å²) in [4.78, 5) is 8.52. The van der Waals surface area contributed by atoms with Crippen LogP contribution < -0.4 is 0 Å². The second kappa shape index (κ2) is 4.34. The van der Waals surface area contributed by atoms with Gasteiger partial charge in [-0.15, -0.1) is 0 Å². The number of nitrogens with zero attached hydrogens (tertiary/aromatic N) is 1. The van der Waals surface area contributed by atoms with Gasteiger partial charge >= 0.3 is 15.8 Å². The molecule has 0 saturated heterocycles. The zero-order valence-corrected chi connectivity index (χ0v) is 10.2. The zero-order valence-electron chi connectivity index (χ0n) is 7.15. The van der Waals surface area contributed by atoms with Crippen LogP contribution in [0.3, 0.4) is 0 Å². The van der Waals surface area contributed by atoms with Crippen LogP contribution in [0.4, 0.5) is 5.69 Å². The predicted octanol–water partition coefficient (Wildman–Crippen LogP) is 2.80. The van der Waals surface area contributed by atoms with Crippen molar-refractivity contribution in [3.63, 3.8) is 0 Å². The quantitative estimate of drug-likeness (QED) is 0.392. The molecule has 0 heterocycles. The maximum Gasteiger partial charge on any atom is 0.310 e. The van der Waals surface area contributed by atoms with Crippen molar-refractivity contribution in [2.45, 2.75) is 4.90 Å². The Morgan fingerprint density at radius 1 is 1.25 bits per heavy atom. The molecule has 10 heteroatoms. The molecule has 0 aliphatic carbocycles. The highest BCUT2D eigenvalue weighted by Gasteiger charge is 2.30. The molecule has 0 bridgehead atoms. The number of nitro groups is 1. The van der Waals surface area contributed by atoms with Gasteiger partial charge in [-0.25, -0.2) is 0 Å². The molecule has 6 nitrogen and oxygen atoms in total. The average Bonchev–Trinajstić information content (AvgIpc) is 2.11. The van der Waals surface area contributed by atoms with Crippen LogP contribution in [-0.4, -0.2) is 17.9 Å². The van der Waals surface area contributed by atoms with Gasteiger partial charge in [0.1, 0.15) is 5.02 Å². The molecule has 0 amide bonds. The summed E-state index contributed by atoms with van der Waals surface area (Å²) >= 11 is 16.5. The normalized spacial score (nSPS) is 11.5. The van der Waals surface area contributed by atoms with Gasteiger partial charge in [0.25, 0.3) is 0 Å². The zero-order chi connectivity index (χ0) is 12.7. The molecule has 0 spiro atoms. The lowest BCUT2D eigenvalue weighted by atomic mass is 10.3. The van der Waals surface area contributed by atoms with Crippen molar-refractivity contribution in [2.75, 3.05) is 0 Å². The van der Waals surface area contributed by atoms with E-state index in [1.54, 1.807) is 0 Å². The van der Waals surface area contributed by atoms with Crippen molar-refractivity contribution in [1.29, 1.82) is 0 Å². The van der Waals surface area contributed by atoms with Crippen LogP contribution >= 0.6 is 34.8 Å². The van der Waals surface area contributed by atoms with Gasteiger partial charge in [0.15, 0.2) is 4.90 Å². The topological polar surface area (TPSA) is 97.5 Å². The van der Waals surface area contributed by atoms with Crippen molar-refractivity contribution in [3.05, 3.63) is 31.2 Å². The molecule has 0 radical (unpaired) electrons. The number of benzene rings is 1. The van der Waals surface area contributed by atoms with Crippen LogP contribution in [0, 0.1) is 10.1 Å². The first kappa shape index (κ1) is 13.5. The molecule has 0 aliphatic heterocycles. The maximum absolute atomic E-state index is 10.9. The van der Waals surface area contributed by atoms with E-state index in [0.29, 0.717) is 6.07 Å². The Labute approximate surface area is 105 Å². The number of hydrogen-bond donors (Lipinski definition) is 1. The standard InChI is InChI=1S/C6H2Cl3NO5S/c7-2-1-3(16(13,14)15)6(10(11)12)5(9)4(2)8/h1H,(H,13,14,15). The van der Waals surface area contributed by atoms with E-state index < -0.39 is 30.6 Å². The van der Waals surface area contributed by atoms with Gasteiger partial charge < -0.3 is 0 Å². The van der Waals surface area contributed by atoms with Gasteiger partial charge in [-0.1, -0.05) is 34.8 Å². The van der Waals surface area contributed by atoms with Gasteiger partial charge in [-0.3, -0.25) is 14.7 Å². The van der Waals surface area contributed by atoms with Crippen LogP contribution in [0.25, 0.3) is 0 Å².